The molecule has 15 heavy (non-hydrogen) atoms. The van der Waals surface area contributed by atoms with Crippen LogP contribution in [0.25, 0.3) is 0 Å². The Hall–Kier alpha value is -1.29. The minimum Gasteiger partial charge on any atom is -0.396 e. The second-order valence-electron chi connectivity index (χ2n) is 3.80. The maximum atomic E-state index is 8.71. The van der Waals surface area contributed by atoms with Crippen molar-refractivity contribution in [3.05, 3.63) is 17.8 Å². The highest BCUT2D eigenvalue weighted by Gasteiger charge is 2.06. The highest BCUT2D eigenvalue weighted by Crippen LogP contribution is 2.20. The van der Waals surface area contributed by atoms with E-state index >= 15 is 0 Å². The van der Waals surface area contributed by atoms with Crippen molar-refractivity contribution in [1.29, 1.82) is 0 Å². The molecule has 0 aliphatic heterocycles. The third-order valence-corrected chi connectivity index (χ3v) is 2.39. The van der Waals surface area contributed by atoms with E-state index in [1.54, 1.807) is 6.20 Å². The summed E-state index contributed by atoms with van der Waals surface area (Å²) in [6.07, 6.45) is 3.44. The summed E-state index contributed by atoms with van der Waals surface area (Å²) in [6, 6.07) is 2.16. The zero-order valence-corrected chi connectivity index (χ0v) is 9.33. The number of aliphatic hydroxyl groups excluding tert-OH is 1. The number of aryl methyl sites for hydroxylation is 1. The van der Waals surface area contributed by atoms with Gasteiger partial charge in [0.25, 0.3) is 0 Å². The van der Waals surface area contributed by atoms with Crippen molar-refractivity contribution in [1.82, 2.24) is 4.98 Å². The number of nitrogens with zero attached hydrogens (tertiary/aromatic N) is 1. The molecule has 0 spiro atoms. The van der Waals surface area contributed by atoms with Crippen LogP contribution in [-0.4, -0.2) is 22.7 Å². The van der Waals surface area contributed by atoms with Gasteiger partial charge in [-0.3, -0.25) is 0 Å². The van der Waals surface area contributed by atoms with Crippen molar-refractivity contribution < 1.29 is 5.11 Å². The van der Waals surface area contributed by atoms with E-state index in [1.807, 2.05) is 13.0 Å². The van der Waals surface area contributed by atoms with Crippen LogP contribution in [0.2, 0.25) is 0 Å². The second-order valence-corrected chi connectivity index (χ2v) is 3.80. The number of hydrogen-bond acceptors (Lipinski definition) is 4. The van der Waals surface area contributed by atoms with Gasteiger partial charge in [0.1, 0.15) is 5.82 Å². The summed E-state index contributed by atoms with van der Waals surface area (Å²) in [5, 5.41) is 12.0. The van der Waals surface area contributed by atoms with E-state index in [1.165, 1.54) is 0 Å². The molecule has 1 aromatic heterocycles. The SMILES string of the molecule is Cc1ccnc(NC(C)CCCO)c1N. The number of aliphatic hydroxyl groups is 1. The van der Waals surface area contributed by atoms with E-state index in [9.17, 15) is 0 Å². The van der Waals surface area contributed by atoms with Crippen LogP contribution in [-0.2, 0) is 0 Å². The lowest BCUT2D eigenvalue weighted by molar-refractivity contribution is 0.282. The van der Waals surface area contributed by atoms with Crippen LogP contribution in [0.15, 0.2) is 12.3 Å². The largest absolute Gasteiger partial charge is 0.396 e. The number of aromatic nitrogens is 1. The molecular weight excluding hydrogens is 190 g/mol. The fourth-order valence-electron chi connectivity index (χ4n) is 1.39. The van der Waals surface area contributed by atoms with Gasteiger partial charge >= 0.3 is 0 Å². The molecular formula is C11H19N3O. The zero-order chi connectivity index (χ0) is 11.3. The van der Waals surface area contributed by atoms with E-state index < -0.39 is 0 Å². The topological polar surface area (TPSA) is 71.2 Å². The monoisotopic (exact) mass is 209 g/mol. The standard InChI is InChI=1S/C11H19N3O/c1-8-5-6-13-11(10(8)12)14-9(2)4-3-7-15/h5-6,9,15H,3-4,7,12H2,1-2H3,(H,13,14). The third kappa shape index (κ3) is 3.40. The van der Waals surface area contributed by atoms with Crippen LogP contribution in [0, 0.1) is 6.92 Å². The van der Waals surface area contributed by atoms with Gasteiger partial charge in [0.2, 0.25) is 0 Å². The molecule has 1 atom stereocenters. The summed E-state index contributed by atoms with van der Waals surface area (Å²) in [5.74, 6) is 0.737. The quantitative estimate of drug-likeness (QED) is 0.688. The molecule has 0 aliphatic rings. The van der Waals surface area contributed by atoms with E-state index in [2.05, 4.69) is 17.2 Å². The van der Waals surface area contributed by atoms with Crippen LogP contribution in [0.1, 0.15) is 25.3 Å². The minimum atomic E-state index is 0.225. The van der Waals surface area contributed by atoms with Crippen molar-refractivity contribution in [2.75, 3.05) is 17.7 Å². The van der Waals surface area contributed by atoms with Crippen molar-refractivity contribution in [2.45, 2.75) is 32.7 Å². The molecule has 0 saturated heterocycles. The van der Waals surface area contributed by atoms with E-state index in [-0.39, 0.29) is 12.6 Å². The summed E-state index contributed by atoms with van der Waals surface area (Å²) in [5.41, 5.74) is 7.62. The highest BCUT2D eigenvalue weighted by molar-refractivity contribution is 5.65. The number of nitrogens with two attached hydrogens (primary N) is 1. The molecule has 1 aromatic rings. The molecule has 1 unspecified atom stereocenters. The van der Waals surface area contributed by atoms with Crippen LogP contribution in [0.4, 0.5) is 11.5 Å². The van der Waals surface area contributed by atoms with Gasteiger partial charge in [0.05, 0.1) is 5.69 Å². The predicted octanol–water partition coefficient (Wildman–Crippen LogP) is 1.55. The Balaban J connectivity index is 2.60. The molecule has 0 saturated carbocycles. The molecule has 0 amide bonds. The van der Waals surface area contributed by atoms with Crippen molar-refractivity contribution >= 4 is 11.5 Å². The lowest BCUT2D eigenvalue weighted by Gasteiger charge is -2.16. The van der Waals surface area contributed by atoms with Gasteiger partial charge in [-0.05, 0) is 38.3 Å². The summed E-state index contributed by atoms with van der Waals surface area (Å²) < 4.78 is 0. The normalized spacial score (nSPS) is 12.5. The minimum absolute atomic E-state index is 0.225. The van der Waals surface area contributed by atoms with Gasteiger partial charge in [0.15, 0.2) is 0 Å². The molecule has 4 heteroatoms. The second kappa shape index (κ2) is 5.56. The Morgan fingerprint density at radius 2 is 2.33 bits per heavy atom. The lowest BCUT2D eigenvalue weighted by atomic mass is 10.2. The summed E-state index contributed by atoms with van der Waals surface area (Å²) in [7, 11) is 0. The van der Waals surface area contributed by atoms with E-state index in [0.717, 1.165) is 24.2 Å². The Labute approximate surface area is 90.5 Å². The van der Waals surface area contributed by atoms with E-state index in [0.29, 0.717) is 5.69 Å². The van der Waals surface area contributed by atoms with Gasteiger partial charge in [-0.15, -0.1) is 0 Å². The molecule has 1 rings (SSSR count). The maximum Gasteiger partial charge on any atom is 0.149 e. The number of rotatable bonds is 5. The Kier molecular flexibility index (Phi) is 4.37. The molecule has 4 nitrogen and oxygen atoms in total. The number of nitrogen functional groups attached to an aromatic ring is 1. The number of pyridine rings is 1. The van der Waals surface area contributed by atoms with Crippen molar-refractivity contribution in [2.24, 2.45) is 0 Å². The number of hydrogen-bond donors (Lipinski definition) is 3. The van der Waals surface area contributed by atoms with Gasteiger partial charge in [-0.2, -0.15) is 0 Å². The Morgan fingerprint density at radius 1 is 1.60 bits per heavy atom. The predicted molar refractivity (Wildman–Crippen MR) is 62.8 cm³/mol. The Bertz CT molecular complexity index is 315. The number of nitrogens with one attached hydrogen (secondary N) is 1. The van der Waals surface area contributed by atoms with Crippen LogP contribution in [0.5, 0.6) is 0 Å². The smallest absolute Gasteiger partial charge is 0.149 e. The van der Waals surface area contributed by atoms with Gasteiger partial charge in [-0.25, -0.2) is 4.98 Å². The maximum absolute atomic E-state index is 8.71. The summed E-state index contributed by atoms with van der Waals surface area (Å²) in [6.45, 7) is 4.24. The average molecular weight is 209 g/mol. The first kappa shape index (κ1) is 11.8. The molecule has 0 radical (unpaired) electrons. The highest BCUT2D eigenvalue weighted by atomic mass is 16.2. The Morgan fingerprint density at radius 3 is 3.00 bits per heavy atom. The van der Waals surface area contributed by atoms with Crippen LogP contribution < -0.4 is 11.1 Å². The molecule has 0 aliphatic carbocycles. The molecule has 84 valence electrons. The van der Waals surface area contributed by atoms with Crippen molar-refractivity contribution in [3.8, 4) is 0 Å². The van der Waals surface area contributed by atoms with E-state index in [4.69, 9.17) is 10.8 Å². The van der Waals surface area contributed by atoms with Gasteiger partial charge in [-0.1, -0.05) is 0 Å². The molecule has 0 aromatic carbocycles. The molecule has 0 fully saturated rings. The fourth-order valence-corrected chi connectivity index (χ4v) is 1.39. The summed E-state index contributed by atoms with van der Waals surface area (Å²) >= 11 is 0. The molecule has 1 heterocycles. The van der Waals surface area contributed by atoms with Crippen LogP contribution >= 0.6 is 0 Å². The number of anilines is 2. The summed E-state index contributed by atoms with van der Waals surface area (Å²) in [4.78, 5) is 4.19. The zero-order valence-electron chi connectivity index (χ0n) is 9.33. The first-order valence-corrected chi connectivity index (χ1v) is 5.23. The van der Waals surface area contributed by atoms with Crippen LogP contribution in [0.3, 0.4) is 0 Å². The first-order chi connectivity index (χ1) is 7.15. The third-order valence-electron chi connectivity index (χ3n) is 2.39. The van der Waals surface area contributed by atoms with Gasteiger partial charge in [0, 0.05) is 18.8 Å². The first-order valence-electron chi connectivity index (χ1n) is 5.23. The van der Waals surface area contributed by atoms with Crippen molar-refractivity contribution in [3.63, 3.8) is 0 Å². The lowest BCUT2D eigenvalue weighted by Crippen LogP contribution is -2.17. The fraction of sp³-hybridized carbons (Fsp3) is 0.545. The molecule has 4 N–H and O–H groups in total. The average Bonchev–Trinajstić information content (AvgIpc) is 2.22. The van der Waals surface area contributed by atoms with Gasteiger partial charge < -0.3 is 16.2 Å². The molecule has 0 bridgehead atoms.